The monoisotopic (exact) mass is 432 g/mol. The summed E-state index contributed by atoms with van der Waals surface area (Å²) in [6.07, 6.45) is -2.19. The van der Waals surface area contributed by atoms with E-state index in [1.165, 1.54) is 12.1 Å². The molecule has 1 N–H and O–H groups in total. The van der Waals surface area contributed by atoms with Crippen molar-refractivity contribution in [3.05, 3.63) is 22.2 Å². The third-order valence-electron chi connectivity index (χ3n) is 2.44. The van der Waals surface area contributed by atoms with E-state index in [9.17, 15) is 19.5 Å². The lowest BCUT2D eigenvalue weighted by molar-refractivity contribution is 0.0199. The summed E-state index contributed by atoms with van der Waals surface area (Å²) < 4.78 is 20.2. The van der Waals surface area contributed by atoms with E-state index < -0.39 is 35.0 Å². The Morgan fingerprint density at radius 3 is 1.77 bits per heavy atom. The maximum atomic E-state index is 11.9. The molecule has 0 unspecified atom stereocenters. The Bertz CT molecular complexity index is 713. The molecule has 0 fully saturated rings. The molecule has 8 nitrogen and oxygen atoms in total. The molecule has 0 aliphatic carbocycles. The van der Waals surface area contributed by atoms with Gasteiger partial charge in [0.25, 0.3) is 0 Å². The zero-order chi connectivity index (χ0) is 20.3. The van der Waals surface area contributed by atoms with E-state index in [0.29, 0.717) is 0 Å². The lowest BCUT2D eigenvalue weighted by atomic mass is 10.2. The molecule has 144 valence electrons. The summed E-state index contributed by atoms with van der Waals surface area (Å²) in [7, 11) is 0. The molecule has 0 heterocycles. The predicted octanol–water partition coefficient (Wildman–Crippen LogP) is 4.78. The molecule has 0 aliphatic rings. The van der Waals surface area contributed by atoms with Crippen molar-refractivity contribution in [2.45, 2.75) is 52.7 Å². The number of carbonyl (C=O) groups excluding carboxylic acids is 2. The van der Waals surface area contributed by atoms with Gasteiger partial charge in [0.1, 0.15) is 16.8 Å². The van der Waals surface area contributed by atoms with E-state index in [1.54, 1.807) is 41.5 Å². The average molecular weight is 433 g/mol. The Morgan fingerprint density at radius 1 is 0.885 bits per heavy atom. The number of carboxylic acid groups (broad SMARTS) is 1. The van der Waals surface area contributed by atoms with E-state index in [-0.39, 0.29) is 16.0 Å². The highest BCUT2D eigenvalue weighted by molar-refractivity contribution is 9.10. The first kappa shape index (κ1) is 21.8. The van der Waals surface area contributed by atoms with Crippen LogP contribution >= 0.6 is 15.9 Å². The number of ether oxygens (including phenoxy) is 4. The third-order valence-corrected chi connectivity index (χ3v) is 3.07. The second-order valence-electron chi connectivity index (χ2n) is 7.19. The van der Waals surface area contributed by atoms with Crippen LogP contribution in [0.15, 0.2) is 16.6 Å². The van der Waals surface area contributed by atoms with Gasteiger partial charge in [-0.05, 0) is 69.6 Å². The number of hydrogen-bond acceptors (Lipinski definition) is 7. The highest BCUT2D eigenvalue weighted by Crippen LogP contribution is 2.36. The van der Waals surface area contributed by atoms with Crippen LogP contribution in [0.25, 0.3) is 0 Å². The first-order chi connectivity index (χ1) is 11.7. The van der Waals surface area contributed by atoms with Crippen LogP contribution in [0.3, 0.4) is 0 Å². The van der Waals surface area contributed by atoms with Crippen molar-refractivity contribution in [3.63, 3.8) is 0 Å². The lowest BCUT2D eigenvalue weighted by Crippen LogP contribution is -2.27. The Labute approximate surface area is 159 Å². The minimum Gasteiger partial charge on any atom is -0.477 e. The van der Waals surface area contributed by atoms with Crippen LogP contribution in [-0.4, -0.2) is 34.6 Å². The molecule has 26 heavy (non-hydrogen) atoms. The fourth-order valence-corrected chi connectivity index (χ4v) is 2.05. The van der Waals surface area contributed by atoms with Gasteiger partial charge >= 0.3 is 18.3 Å². The Balaban J connectivity index is 3.21. The number of hydrogen-bond donors (Lipinski definition) is 1. The number of benzene rings is 1. The van der Waals surface area contributed by atoms with E-state index in [4.69, 9.17) is 18.9 Å². The molecule has 1 aromatic rings. The minimum absolute atomic E-state index is 0.164. The molecule has 0 amide bonds. The number of carbonyl (C=O) groups is 3. The molecule has 0 aliphatic heterocycles. The number of carboxylic acids is 1. The van der Waals surface area contributed by atoms with Crippen LogP contribution in [0.2, 0.25) is 0 Å². The van der Waals surface area contributed by atoms with Gasteiger partial charge in [-0.25, -0.2) is 14.4 Å². The second-order valence-corrected chi connectivity index (χ2v) is 8.04. The predicted molar refractivity (Wildman–Crippen MR) is 94.8 cm³/mol. The maximum absolute atomic E-state index is 11.9. The normalized spacial score (nSPS) is 11.5. The van der Waals surface area contributed by atoms with E-state index in [1.807, 2.05) is 0 Å². The van der Waals surface area contributed by atoms with Crippen molar-refractivity contribution in [1.82, 2.24) is 0 Å². The first-order valence-electron chi connectivity index (χ1n) is 7.57. The van der Waals surface area contributed by atoms with Gasteiger partial charge in [-0.1, -0.05) is 0 Å². The van der Waals surface area contributed by atoms with Crippen molar-refractivity contribution >= 4 is 34.2 Å². The summed E-state index contributed by atoms with van der Waals surface area (Å²) in [6.45, 7) is 9.78. The summed E-state index contributed by atoms with van der Waals surface area (Å²) in [5, 5.41) is 9.48. The summed E-state index contributed by atoms with van der Waals surface area (Å²) in [5.74, 6) is -2.16. The standard InChI is InChI=1S/C17H21BrO8/c1-16(2,3)25-14(21)23-10-8-7-9(18)12(11(10)13(19)20)24-15(22)26-17(4,5)6/h7-8H,1-6H3,(H,19,20). The molecular weight excluding hydrogens is 412 g/mol. The molecule has 1 rings (SSSR count). The summed E-state index contributed by atoms with van der Waals surface area (Å²) in [6, 6.07) is 2.60. The molecule has 0 bridgehead atoms. The maximum Gasteiger partial charge on any atom is 0.514 e. The Kier molecular flexibility index (Phi) is 6.65. The fourth-order valence-electron chi connectivity index (χ4n) is 1.64. The average Bonchev–Trinajstić information content (AvgIpc) is 2.37. The van der Waals surface area contributed by atoms with Gasteiger partial charge in [-0.15, -0.1) is 0 Å². The SMILES string of the molecule is CC(C)(C)OC(=O)Oc1ccc(Br)c(OC(=O)OC(C)(C)C)c1C(=O)O. The topological polar surface area (TPSA) is 108 Å². The summed E-state index contributed by atoms with van der Waals surface area (Å²) >= 11 is 3.10. The minimum atomic E-state index is -1.47. The largest absolute Gasteiger partial charge is 0.514 e. The van der Waals surface area contributed by atoms with Crippen LogP contribution < -0.4 is 9.47 Å². The van der Waals surface area contributed by atoms with Gasteiger partial charge in [-0.3, -0.25) is 0 Å². The van der Waals surface area contributed by atoms with Crippen molar-refractivity contribution in [2.24, 2.45) is 0 Å². The zero-order valence-electron chi connectivity index (χ0n) is 15.3. The molecule has 0 aromatic heterocycles. The van der Waals surface area contributed by atoms with Gasteiger partial charge in [0.05, 0.1) is 4.47 Å². The molecule has 0 atom stereocenters. The van der Waals surface area contributed by atoms with Crippen LogP contribution in [0, 0.1) is 0 Å². The molecular formula is C17H21BrO8. The number of halogens is 1. The molecule has 9 heteroatoms. The third kappa shape index (κ3) is 6.91. The van der Waals surface area contributed by atoms with Crippen molar-refractivity contribution in [2.75, 3.05) is 0 Å². The highest BCUT2D eigenvalue weighted by atomic mass is 79.9. The zero-order valence-corrected chi connectivity index (χ0v) is 16.9. The van der Waals surface area contributed by atoms with Crippen LogP contribution in [-0.2, 0) is 9.47 Å². The van der Waals surface area contributed by atoms with Gasteiger partial charge in [0.2, 0.25) is 0 Å². The van der Waals surface area contributed by atoms with E-state index in [2.05, 4.69) is 15.9 Å². The smallest absolute Gasteiger partial charge is 0.477 e. The van der Waals surface area contributed by atoms with Crippen molar-refractivity contribution in [1.29, 1.82) is 0 Å². The number of aromatic carboxylic acids is 1. The van der Waals surface area contributed by atoms with Gasteiger partial charge in [-0.2, -0.15) is 0 Å². The molecule has 0 saturated carbocycles. The van der Waals surface area contributed by atoms with Crippen LogP contribution in [0.4, 0.5) is 9.59 Å². The summed E-state index contributed by atoms with van der Waals surface area (Å²) in [5.41, 5.74) is -2.19. The molecule has 0 radical (unpaired) electrons. The Morgan fingerprint density at radius 2 is 1.35 bits per heavy atom. The van der Waals surface area contributed by atoms with Crippen LogP contribution in [0.5, 0.6) is 11.5 Å². The van der Waals surface area contributed by atoms with Gasteiger partial charge in [0, 0.05) is 0 Å². The van der Waals surface area contributed by atoms with Crippen molar-refractivity contribution in [3.8, 4) is 11.5 Å². The molecule has 1 aromatic carbocycles. The van der Waals surface area contributed by atoms with E-state index >= 15 is 0 Å². The van der Waals surface area contributed by atoms with Crippen LogP contribution in [0.1, 0.15) is 51.9 Å². The van der Waals surface area contributed by atoms with Gasteiger partial charge < -0.3 is 24.1 Å². The Hall–Kier alpha value is -2.29. The molecule has 0 saturated heterocycles. The lowest BCUT2D eigenvalue weighted by Gasteiger charge is -2.21. The van der Waals surface area contributed by atoms with Crippen molar-refractivity contribution < 1.29 is 38.4 Å². The first-order valence-corrected chi connectivity index (χ1v) is 8.36. The van der Waals surface area contributed by atoms with Gasteiger partial charge in [0.15, 0.2) is 11.5 Å². The second kappa shape index (κ2) is 7.94. The quantitative estimate of drug-likeness (QED) is 0.536. The van der Waals surface area contributed by atoms with E-state index in [0.717, 1.165) is 0 Å². The number of rotatable bonds is 3. The summed E-state index contributed by atoms with van der Waals surface area (Å²) in [4.78, 5) is 35.4. The fraction of sp³-hybridized carbons (Fsp3) is 0.471. The highest BCUT2D eigenvalue weighted by Gasteiger charge is 2.28. The molecule has 0 spiro atoms.